The van der Waals surface area contributed by atoms with Gasteiger partial charge < -0.3 is 5.32 Å². The summed E-state index contributed by atoms with van der Waals surface area (Å²) in [5.41, 5.74) is 2.19. The molecule has 1 aliphatic carbocycles. The fraction of sp³-hybridized carbons (Fsp3) is 0.263. The van der Waals surface area contributed by atoms with E-state index in [-0.39, 0.29) is 17.2 Å². The topological polar surface area (TPSA) is 87.8 Å². The molecule has 1 N–H and O–H groups in total. The molecule has 1 amide bonds. The highest BCUT2D eigenvalue weighted by Crippen LogP contribution is 2.35. The van der Waals surface area contributed by atoms with Crippen molar-refractivity contribution in [2.24, 2.45) is 7.05 Å². The Hall–Kier alpha value is -2.63. The van der Waals surface area contributed by atoms with E-state index >= 15 is 0 Å². The molecule has 27 heavy (non-hydrogen) atoms. The van der Waals surface area contributed by atoms with Gasteiger partial charge >= 0.3 is 0 Å². The molecule has 0 spiro atoms. The van der Waals surface area contributed by atoms with Crippen LogP contribution in [0.25, 0.3) is 10.2 Å². The Bertz CT molecular complexity index is 1160. The minimum absolute atomic E-state index is 0.0379. The molecule has 0 atom stereocenters. The van der Waals surface area contributed by atoms with Gasteiger partial charge in [-0.15, -0.1) is 11.3 Å². The van der Waals surface area contributed by atoms with E-state index in [0.717, 1.165) is 35.0 Å². The number of thioether (sulfide) groups is 1. The van der Waals surface area contributed by atoms with Crippen molar-refractivity contribution in [3.05, 3.63) is 50.6 Å². The normalized spacial score (nSPS) is 12.7. The predicted molar refractivity (Wildman–Crippen MR) is 107 cm³/mol. The molecule has 6 nitrogen and oxygen atoms in total. The lowest BCUT2D eigenvalue weighted by Gasteiger charge is -2.08. The molecular weight excluding hydrogens is 380 g/mol. The maximum atomic E-state index is 12.8. The first-order valence-electron chi connectivity index (χ1n) is 8.51. The third-order valence-corrected chi connectivity index (χ3v) is 6.73. The Morgan fingerprint density at radius 2 is 2.30 bits per heavy atom. The van der Waals surface area contributed by atoms with Crippen LogP contribution in [0.3, 0.4) is 0 Å². The minimum atomic E-state index is -0.210. The van der Waals surface area contributed by atoms with Crippen LogP contribution in [0.2, 0.25) is 0 Å². The maximum Gasteiger partial charge on any atom is 0.262 e. The van der Waals surface area contributed by atoms with Gasteiger partial charge in [-0.05, 0) is 43.0 Å². The van der Waals surface area contributed by atoms with Crippen LogP contribution < -0.4 is 10.9 Å². The zero-order valence-electron chi connectivity index (χ0n) is 14.6. The van der Waals surface area contributed by atoms with Gasteiger partial charge in [-0.2, -0.15) is 5.26 Å². The van der Waals surface area contributed by atoms with Crippen LogP contribution in [0.15, 0.2) is 34.2 Å². The maximum absolute atomic E-state index is 12.8. The molecule has 0 aliphatic heterocycles. The number of amides is 1. The summed E-state index contributed by atoms with van der Waals surface area (Å²) < 4.78 is 1.53. The number of hydrogen-bond donors (Lipinski definition) is 1. The summed E-state index contributed by atoms with van der Waals surface area (Å²) in [6.45, 7) is 0. The average Bonchev–Trinajstić information content (AvgIpc) is 3.24. The van der Waals surface area contributed by atoms with Crippen molar-refractivity contribution in [2.45, 2.75) is 24.4 Å². The highest BCUT2D eigenvalue weighted by Gasteiger charge is 2.22. The van der Waals surface area contributed by atoms with Gasteiger partial charge in [0.05, 0.1) is 22.8 Å². The largest absolute Gasteiger partial charge is 0.325 e. The molecule has 0 fully saturated rings. The summed E-state index contributed by atoms with van der Waals surface area (Å²) in [4.78, 5) is 31.7. The van der Waals surface area contributed by atoms with Crippen LogP contribution in [0, 0.1) is 11.3 Å². The molecule has 0 radical (unpaired) electrons. The first-order valence-corrected chi connectivity index (χ1v) is 10.3. The third-order valence-electron chi connectivity index (χ3n) is 4.51. The van der Waals surface area contributed by atoms with E-state index < -0.39 is 0 Å². The van der Waals surface area contributed by atoms with Crippen molar-refractivity contribution in [1.82, 2.24) is 9.55 Å². The number of thiophene rings is 1. The van der Waals surface area contributed by atoms with E-state index in [1.54, 1.807) is 42.6 Å². The number of nitriles is 1. The molecular formula is C19H16N4O2S2. The Morgan fingerprint density at radius 3 is 3.11 bits per heavy atom. The molecule has 0 bridgehead atoms. The van der Waals surface area contributed by atoms with Gasteiger partial charge in [0, 0.05) is 17.6 Å². The Kier molecular flexibility index (Phi) is 4.72. The SMILES string of the molecule is Cn1c(SCC(=O)Nc2cccc(C#N)c2)nc2sc3c(c2c1=O)CCC3. The molecule has 1 aromatic carbocycles. The minimum Gasteiger partial charge on any atom is -0.325 e. The van der Waals surface area contributed by atoms with Gasteiger partial charge in [-0.25, -0.2) is 4.98 Å². The second-order valence-corrected chi connectivity index (χ2v) is 8.35. The second kappa shape index (κ2) is 7.18. The number of carbonyl (C=O) groups is 1. The lowest BCUT2D eigenvalue weighted by molar-refractivity contribution is -0.113. The molecule has 0 saturated carbocycles. The van der Waals surface area contributed by atoms with E-state index in [0.29, 0.717) is 16.4 Å². The van der Waals surface area contributed by atoms with Gasteiger partial charge in [0.2, 0.25) is 5.91 Å². The van der Waals surface area contributed by atoms with E-state index in [1.807, 2.05) is 6.07 Å². The van der Waals surface area contributed by atoms with Crippen molar-refractivity contribution < 1.29 is 4.79 Å². The van der Waals surface area contributed by atoms with Gasteiger partial charge in [-0.3, -0.25) is 14.2 Å². The Labute approximate surface area is 163 Å². The molecule has 8 heteroatoms. The monoisotopic (exact) mass is 396 g/mol. The molecule has 2 aromatic heterocycles. The average molecular weight is 396 g/mol. The molecule has 0 unspecified atom stereocenters. The van der Waals surface area contributed by atoms with Crippen LogP contribution in [-0.4, -0.2) is 21.2 Å². The summed E-state index contributed by atoms with van der Waals surface area (Å²) in [7, 11) is 1.70. The highest BCUT2D eigenvalue weighted by molar-refractivity contribution is 7.99. The summed E-state index contributed by atoms with van der Waals surface area (Å²) in [6, 6.07) is 8.79. The smallest absolute Gasteiger partial charge is 0.262 e. The van der Waals surface area contributed by atoms with E-state index in [1.165, 1.54) is 21.2 Å². The summed E-state index contributed by atoms with van der Waals surface area (Å²) >= 11 is 2.83. The number of benzene rings is 1. The number of fused-ring (bicyclic) bond motifs is 3. The van der Waals surface area contributed by atoms with Gasteiger partial charge in [-0.1, -0.05) is 17.8 Å². The summed E-state index contributed by atoms with van der Waals surface area (Å²) in [5.74, 6) is -0.0775. The molecule has 136 valence electrons. The van der Waals surface area contributed by atoms with Crippen molar-refractivity contribution in [1.29, 1.82) is 5.26 Å². The number of anilines is 1. The molecule has 0 saturated heterocycles. The lowest BCUT2D eigenvalue weighted by atomic mass is 10.2. The quantitative estimate of drug-likeness (QED) is 0.541. The van der Waals surface area contributed by atoms with Crippen molar-refractivity contribution in [2.75, 3.05) is 11.1 Å². The van der Waals surface area contributed by atoms with Crippen molar-refractivity contribution >= 4 is 44.9 Å². The van der Waals surface area contributed by atoms with Crippen LogP contribution in [0.1, 0.15) is 22.4 Å². The number of aromatic nitrogens is 2. The zero-order valence-corrected chi connectivity index (χ0v) is 16.2. The van der Waals surface area contributed by atoms with Crippen LogP contribution in [0.4, 0.5) is 5.69 Å². The van der Waals surface area contributed by atoms with Gasteiger partial charge in [0.15, 0.2) is 5.16 Å². The molecule has 2 heterocycles. The van der Waals surface area contributed by atoms with Gasteiger partial charge in [0.25, 0.3) is 5.56 Å². The van der Waals surface area contributed by atoms with E-state index in [2.05, 4.69) is 10.3 Å². The van der Waals surface area contributed by atoms with Crippen molar-refractivity contribution in [3.63, 3.8) is 0 Å². The number of nitrogens with one attached hydrogen (secondary N) is 1. The second-order valence-electron chi connectivity index (χ2n) is 6.33. The highest BCUT2D eigenvalue weighted by atomic mass is 32.2. The fourth-order valence-electron chi connectivity index (χ4n) is 3.23. The molecule has 4 rings (SSSR count). The fourth-order valence-corrected chi connectivity index (χ4v) is 5.30. The molecule has 3 aromatic rings. The first kappa shape index (κ1) is 17.8. The molecule has 1 aliphatic rings. The predicted octanol–water partition coefficient (Wildman–Crippen LogP) is 3.09. The number of hydrogen-bond acceptors (Lipinski definition) is 6. The van der Waals surface area contributed by atoms with Crippen LogP contribution >= 0.6 is 23.1 Å². The van der Waals surface area contributed by atoms with Crippen LogP contribution in [0.5, 0.6) is 0 Å². The van der Waals surface area contributed by atoms with Crippen molar-refractivity contribution in [3.8, 4) is 6.07 Å². The number of carbonyl (C=O) groups excluding carboxylic acids is 1. The van der Waals surface area contributed by atoms with Gasteiger partial charge in [0.1, 0.15) is 4.83 Å². The van der Waals surface area contributed by atoms with E-state index in [4.69, 9.17) is 5.26 Å². The Balaban J connectivity index is 1.52. The summed E-state index contributed by atoms with van der Waals surface area (Å²) in [5, 5.41) is 13.0. The standard InChI is InChI=1S/C19H16N4O2S2/c1-23-18(25)16-13-6-3-7-14(13)27-17(16)22-19(23)26-10-15(24)21-12-5-2-4-11(8-12)9-20/h2,4-5,8H,3,6-7,10H2,1H3,(H,21,24). The van der Waals surface area contributed by atoms with Crippen LogP contribution in [-0.2, 0) is 24.7 Å². The lowest BCUT2D eigenvalue weighted by Crippen LogP contribution is -2.21. The zero-order chi connectivity index (χ0) is 19.0. The third kappa shape index (κ3) is 3.36. The number of nitrogens with zero attached hydrogens (tertiary/aromatic N) is 3. The Morgan fingerprint density at radius 1 is 1.44 bits per heavy atom. The first-order chi connectivity index (χ1) is 13.1. The number of aryl methyl sites for hydroxylation is 2. The number of rotatable bonds is 4. The summed E-state index contributed by atoms with van der Waals surface area (Å²) in [6.07, 6.45) is 3.07. The van der Waals surface area contributed by atoms with E-state index in [9.17, 15) is 9.59 Å².